The van der Waals surface area contributed by atoms with Crippen LogP contribution < -0.4 is 0 Å². The molecule has 0 saturated carbocycles. The number of nitrogens with zero attached hydrogens (tertiary/aromatic N) is 2. The summed E-state index contributed by atoms with van der Waals surface area (Å²) < 4.78 is 0. The molecule has 0 atom stereocenters. The van der Waals surface area contributed by atoms with Crippen molar-refractivity contribution in [2.75, 3.05) is 26.7 Å². The van der Waals surface area contributed by atoms with Crippen molar-refractivity contribution in [2.45, 2.75) is 37.7 Å². The molecule has 3 rings (SSSR count). The highest BCUT2D eigenvalue weighted by Crippen LogP contribution is 2.35. The predicted octanol–water partition coefficient (Wildman–Crippen LogP) is 2.25. The van der Waals surface area contributed by atoms with E-state index in [0.717, 1.165) is 45.3 Å². The van der Waals surface area contributed by atoms with Crippen LogP contribution in [-0.4, -0.2) is 48.2 Å². The Labute approximate surface area is 126 Å². The maximum Gasteiger partial charge on any atom is 0.245 e. The minimum Gasteiger partial charge on any atom is -0.303 e. The summed E-state index contributed by atoms with van der Waals surface area (Å²) >= 11 is 0. The lowest BCUT2D eigenvalue weighted by Gasteiger charge is -2.45. The molecule has 1 aromatic carbocycles. The molecule has 0 N–H and O–H groups in total. The zero-order valence-electron chi connectivity index (χ0n) is 12.8. The third kappa shape index (κ3) is 3.44. The molecular weight excluding hydrogens is 264 g/mol. The van der Waals surface area contributed by atoms with E-state index < -0.39 is 0 Å². The van der Waals surface area contributed by atoms with Crippen molar-refractivity contribution < 1.29 is 9.63 Å². The monoisotopic (exact) mass is 288 g/mol. The van der Waals surface area contributed by atoms with Gasteiger partial charge in [-0.15, -0.1) is 0 Å². The number of piperidine rings is 1. The SMILES string of the molecule is CN1OC2(CCC1=O)CCN(CCc1ccccc1)CC2. The molecule has 21 heavy (non-hydrogen) atoms. The third-order valence-electron chi connectivity index (χ3n) is 4.80. The Morgan fingerprint density at radius 1 is 1.14 bits per heavy atom. The number of amides is 1. The van der Waals surface area contributed by atoms with Gasteiger partial charge in [-0.05, 0) is 31.2 Å². The number of hydroxylamine groups is 2. The van der Waals surface area contributed by atoms with Crippen LogP contribution in [0.15, 0.2) is 30.3 Å². The van der Waals surface area contributed by atoms with E-state index in [1.807, 2.05) is 0 Å². The average molecular weight is 288 g/mol. The van der Waals surface area contributed by atoms with Crippen molar-refractivity contribution in [1.29, 1.82) is 0 Å². The van der Waals surface area contributed by atoms with Gasteiger partial charge in [0, 0.05) is 33.1 Å². The average Bonchev–Trinajstić information content (AvgIpc) is 2.52. The molecule has 2 aliphatic heterocycles. The zero-order chi connectivity index (χ0) is 14.7. The van der Waals surface area contributed by atoms with E-state index in [1.54, 1.807) is 7.05 Å². The molecule has 0 unspecified atom stereocenters. The minimum atomic E-state index is -0.0914. The number of hydrogen-bond acceptors (Lipinski definition) is 3. The Morgan fingerprint density at radius 3 is 2.52 bits per heavy atom. The summed E-state index contributed by atoms with van der Waals surface area (Å²) in [7, 11) is 1.74. The minimum absolute atomic E-state index is 0.0914. The van der Waals surface area contributed by atoms with Gasteiger partial charge in [0.1, 0.15) is 0 Å². The Kier molecular flexibility index (Phi) is 4.27. The van der Waals surface area contributed by atoms with Gasteiger partial charge in [0.2, 0.25) is 5.91 Å². The van der Waals surface area contributed by atoms with Crippen LogP contribution in [-0.2, 0) is 16.1 Å². The molecule has 2 saturated heterocycles. The Hall–Kier alpha value is -1.39. The van der Waals surface area contributed by atoms with Gasteiger partial charge in [-0.2, -0.15) is 0 Å². The van der Waals surface area contributed by atoms with E-state index in [4.69, 9.17) is 4.84 Å². The van der Waals surface area contributed by atoms with Gasteiger partial charge < -0.3 is 4.90 Å². The summed E-state index contributed by atoms with van der Waals surface area (Å²) in [4.78, 5) is 19.9. The zero-order valence-corrected chi connectivity index (χ0v) is 12.8. The lowest BCUT2D eigenvalue weighted by molar-refractivity contribution is -0.260. The molecule has 2 heterocycles. The number of carbonyl (C=O) groups is 1. The van der Waals surface area contributed by atoms with Gasteiger partial charge in [-0.3, -0.25) is 9.63 Å². The van der Waals surface area contributed by atoms with Crippen molar-refractivity contribution in [3.63, 3.8) is 0 Å². The fraction of sp³-hybridized carbons (Fsp3) is 0.588. The van der Waals surface area contributed by atoms with Crippen LogP contribution in [0.5, 0.6) is 0 Å². The fourth-order valence-electron chi connectivity index (χ4n) is 3.34. The largest absolute Gasteiger partial charge is 0.303 e. The summed E-state index contributed by atoms with van der Waals surface area (Å²) in [5, 5.41) is 1.45. The first kappa shape index (κ1) is 14.5. The normalized spacial score (nSPS) is 22.7. The summed E-state index contributed by atoms with van der Waals surface area (Å²) in [5.41, 5.74) is 1.31. The summed E-state index contributed by atoms with van der Waals surface area (Å²) in [5.74, 6) is 0.104. The van der Waals surface area contributed by atoms with E-state index in [2.05, 4.69) is 35.2 Å². The van der Waals surface area contributed by atoms with Gasteiger partial charge in [0.15, 0.2) is 0 Å². The Morgan fingerprint density at radius 2 is 1.86 bits per heavy atom. The van der Waals surface area contributed by atoms with Crippen LogP contribution in [0.2, 0.25) is 0 Å². The molecule has 4 nitrogen and oxygen atoms in total. The molecule has 1 aromatic rings. The van der Waals surface area contributed by atoms with Crippen LogP contribution in [0.25, 0.3) is 0 Å². The van der Waals surface area contributed by atoms with Gasteiger partial charge in [-0.1, -0.05) is 30.3 Å². The molecule has 0 aromatic heterocycles. The molecule has 2 aliphatic rings. The molecule has 2 fully saturated rings. The van der Waals surface area contributed by atoms with Crippen LogP contribution in [0.3, 0.4) is 0 Å². The van der Waals surface area contributed by atoms with E-state index in [1.165, 1.54) is 10.6 Å². The highest BCUT2D eigenvalue weighted by Gasteiger charge is 2.41. The number of rotatable bonds is 3. The maximum absolute atomic E-state index is 11.5. The standard InChI is InChI=1S/C17H24N2O2/c1-18-16(20)7-9-17(21-18)10-13-19(14-11-17)12-8-15-5-3-2-4-6-15/h2-6H,7-14H2,1H3. The van der Waals surface area contributed by atoms with Crippen LogP contribution >= 0.6 is 0 Å². The summed E-state index contributed by atoms with van der Waals surface area (Å²) in [6.45, 7) is 3.23. The predicted molar refractivity (Wildman–Crippen MR) is 81.6 cm³/mol. The number of likely N-dealkylation sites (tertiary alicyclic amines) is 1. The number of benzene rings is 1. The number of hydrogen-bond donors (Lipinski definition) is 0. The molecule has 114 valence electrons. The van der Waals surface area contributed by atoms with E-state index >= 15 is 0 Å². The maximum atomic E-state index is 11.5. The van der Waals surface area contributed by atoms with E-state index in [9.17, 15) is 4.79 Å². The van der Waals surface area contributed by atoms with Crippen LogP contribution in [0.4, 0.5) is 0 Å². The fourth-order valence-corrected chi connectivity index (χ4v) is 3.34. The smallest absolute Gasteiger partial charge is 0.245 e. The van der Waals surface area contributed by atoms with Crippen molar-refractivity contribution in [2.24, 2.45) is 0 Å². The van der Waals surface area contributed by atoms with Crippen LogP contribution in [0.1, 0.15) is 31.2 Å². The number of carbonyl (C=O) groups excluding carboxylic acids is 1. The second-order valence-corrected chi connectivity index (χ2v) is 6.24. The van der Waals surface area contributed by atoms with Gasteiger partial charge in [0.25, 0.3) is 0 Å². The highest BCUT2D eigenvalue weighted by atomic mass is 16.7. The summed E-state index contributed by atoms with van der Waals surface area (Å²) in [6, 6.07) is 10.6. The molecule has 0 bridgehead atoms. The van der Waals surface area contributed by atoms with Crippen molar-refractivity contribution >= 4 is 5.91 Å². The molecule has 0 radical (unpaired) electrons. The molecule has 4 heteroatoms. The van der Waals surface area contributed by atoms with E-state index in [-0.39, 0.29) is 11.5 Å². The third-order valence-corrected chi connectivity index (χ3v) is 4.80. The Bertz CT molecular complexity index is 481. The van der Waals surface area contributed by atoms with Crippen molar-refractivity contribution in [3.05, 3.63) is 35.9 Å². The van der Waals surface area contributed by atoms with Gasteiger partial charge in [-0.25, -0.2) is 5.06 Å². The van der Waals surface area contributed by atoms with Gasteiger partial charge in [0.05, 0.1) is 5.60 Å². The lowest BCUT2D eigenvalue weighted by Crippen LogP contribution is -2.53. The second kappa shape index (κ2) is 6.16. The first-order chi connectivity index (χ1) is 10.2. The Balaban J connectivity index is 1.48. The lowest BCUT2D eigenvalue weighted by atomic mass is 9.85. The van der Waals surface area contributed by atoms with Gasteiger partial charge >= 0.3 is 0 Å². The molecular formula is C17H24N2O2. The molecule has 1 spiro atoms. The first-order valence-electron chi connectivity index (χ1n) is 7.89. The van der Waals surface area contributed by atoms with Crippen LogP contribution in [0, 0.1) is 0 Å². The molecule has 1 amide bonds. The quantitative estimate of drug-likeness (QED) is 0.855. The summed E-state index contributed by atoms with van der Waals surface area (Å²) in [6.07, 6.45) is 4.66. The van der Waals surface area contributed by atoms with Crippen molar-refractivity contribution in [1.82, 2.24) is 9.96 Å². The first-order valence-corrected chi connectivity index (χ1v) is 7.89. The van der Waals surface area contributed by atoms with E-state index in [0.29, 0.717) is 6.42 Å². The topological polar surface area (TPSA) is 32.8 Å². The second-order valence-electron chi connectivity index (χ2n) is 6.24. The van der Waals surface area contributed by atoms with Crippen molar-refractivity contribution in [3.8, 4) is 0 Å². The highest BCUT2D eigenvalue weighted by molar-refractivity contribution is 5.75. The molecule has 0 aliphatic carbocycles.